The molecule has 1 aromatic carbocycles. The van der Waals surface area contributed by atoms with Crippen LogP contribution in [0.25, 0.3) is 0 Å². The predicted molar refractivity (Wildman–Crippen MR) is 67.9 cm³/mol. The summed E-state index contributed by atoms with van der Waals surface area (Å²) >= 11 is 0. The first-order valence-electron chi connectivity index (χ1n) is 5.23. The molecule has 1 rings (SSSR count). The zero-order valence-corrected chi connectivity index (χ0v) is 11.2. The van der Waals surface area contributed by atoms with Crippen LogP contribution in [0.4, 0.5) is 5.69 Å². The van der Waals surface area contributed by atoms with E-state index in [1.54, 1.807) is 0 Å². The normalized spacial score (nSPS) is 11.9. The van der Waals surface area contributed by atoms with Crippen molar-refractivity contribution in [3.63, 3.8) is 0 Å². The van der Waals surface area contributed by atoms with E-state index in [-0.39, 0.29) is 10.6 Å². The molecule has 0 heterocycles. The monoisotopic (exact) mass is 286 g/mol. The van der Waals surface area contributed by atoms with Gasteiger partial charge in [0.25, 0.3) is 0 Å². The molecule has 0 saturated carbocycles. The first-order valence-corrected chi connectivity index (χ1v) is 6.77. The van der Waals surface area contributed by atoms with Crippen LogP contribution in [0.1, 0.15) is 13.8 Å². The molecule has 0 atom stereocenters. The predicted octanol–water partition coefficient (Wildman–Crippen LogP) is 0.383. The van der Waals surface area contributed by atoms with Crippen molar-refractivity contribution in [1.29, 1.82) is 0 Å². The highest BCUT2D eigenvalue weighted by Crippen LogP contribution is 2.20. The van der Waals surface area contributed by atoms with Gasteiger partial charge in [0.05, 0.1) is 4.90 Å². The summed E-state index contributed by atoms with van der Waals surface area (Å²) in [5.74, 6) is -2.04. The largest absolute Gasteiger partial charge is 0.480 e. The van der Waals surface area contributed by atoms with Crippen molar-refractivity contribution in [1.82, 2.24) is 0 Å². The molecule has 8 heteroatoms. The fourth-order valence-corrected chi connectivity index (χ4v) is 1.69. The topological polar surface area (TPSA) is 127 Å². The lowest BCUT2D eigenvalue weighted by atomic mass is 9.92. The molecule has 0 aliphatic rings. The Bertz CT molecular complexity index is 622. The van der Waals surface area contributed by atoms with Crippen LogP contribution in [0, 0.1) is 5.41 Å². The minimum absolute atomic E-state index is 0.158. The summed E-state index contributed by atoms with van der Waals surface area (Å²) in [6.45, 7) is 2.49. The minimum Gasteiger partial charge on any atom is -0.480 e. The number of carbonyl (C=O) groups is 2. The van der Waals surface area contributed by atoms with Gasteiger partial charge in [-0.3, -0.25) is 9.59 Å². The molecular formula is C11H14N2O5S. The van der Waals surface area contributed by atoms with E-state index in [1.807, 2.05) is 0 Å². The highest BCUT2D eigenvalue weighted by Gasteiger charge is 2.36. The number of carboxylic acid groups (broad SMARTS) is 1. The number of nitrogens with one attached hydrogen (secondary N) is 1. The number of amides is 1. The van der Waals surface area contributed by atoms with E-state index in [1.165, 1.54) is 32.0 Å². The van der Waals surface area contributed by atoms with Crippen LogP contribution in [0.3, 0.4) is 0 Å². The van der Waals surface area contributed by atoms with Gasteiger partial charge in [-0.15, -0.1) is 0 Å². The smallest absolute Gasteiger partial charge is 0.318 e. The second-order valence-corrected chi connectivity index (χ2v) is 6.02. The maximum Gasteiger partial charge on any atom is 0.318 e. The number of carboxylic acids is 1. The highest BCUT2D eigenvalue weighted by atomic mass is 32.2. The van der Waals surface area contributed by atoms with E-state index in [4.69, 9.17) is 10.2 Å². The van der Waals surface area contributed by atoms with Crippen LogP contribution in [-0.4, -0.2) is 25.4 Å². The number of nitrogens with two attached hydrogens (primary N) is 1. The fraction of sp³-hybridized carbons (Fsp3) is 0.273. The third-order valence-electron chi connectivity index (χ3n) is 2.52. The average Bonchev–Trinajstić information content (AvgIpc) is 2.27. The second kappa shape index (κ2) is 4.98. The Kier molecular flexibility index (Phi) is 3.97. The molecular weight excluding hydrogens is 272 g/mol. The van der Waals surface area contributed by atoms with Crippen molar-refractivity contribution in [3.05, 3.63) is 24.3 Å². The SMILES string of the molecule is CC(C)(C(=O)O)C(=O)Nc1cccc(S(N)(=O)=O)c1. The van der Waals surface area contributed by atoms with Gasteiger partial charge in [-0.05, 0) is 32.0 Å². The molecule has 0 saturated heterocycles. The van der Waals surface area contributed by atoms with Gasteiger partial charge < -0.3 is 10.4 Å². The van der Waals surface area contributed by atoms with Crippen LogP contribution < -0.4 is 10.5 Å². The molecule has 0 aliphatic carbocycles. The maximum atomic E-state index is 11.8. The summed E-state index contributed by atoms with van der Waals surface area (Å²) in [6.07, 6.45) is 0. The molecule has 1 amide bonds. The Morgan fingerprint density at radius 2 is 1.89 bits per heavy atom. The number of anilines is 1. The van der Waals surface area contributed by atoms with Gasteiger partial charge in [0, 0.05) is 5.69 Å². The van der Waals surface area contributed by atoms with Gasteiger partial charge in [0.2, 0.25) is 15.9 Å². The van der Waals surface area contributed by atoms with E-state index in [0.29, 0.717) is 0 Å². The lowest BCUT2D eigenvalue weighted by Crippen LogP contribution is -2.37. The van der Waals surface area contributed by atoms with E-state index < -0.39 is 27.3 Å². The van der Waals surface area contributed by atoms with Crippen LogP contribution >= 0.6 is 0 Å². The molecule has 1 aromatic rings. The zero-order chi connectivity index (χ0) is 14.8. The first-order chi connectivity index (χ1) is 8.55. The number of hydrogen-bond acceptors (Lipinski definition) is 4. The molecule has 0 radical (unpaired) electrons. The molecule has 104 valence electrons. The Labute approximate surface area is 110 Å². The lowest BCUT2D eigenvalue weighted by Gasteiger charge is -2.18. The van der Waals surface area contributed by atoms with E-state index in [9.17, 15) is 18.0 Å². The standard InChI is InChI=1S/C11H14N2O5S/c1-11(2,10(15)16)9(14)13-7-4-3-5-8(6-7)19(12,17)18/h3-6H,1-2H3,(H,13,14)(H,15,16)(H2,12,17,18). The van der Waals surface area contributed by atoms with Crippen LogP contribution in [0.15, 0.2) is 29.2 Å². The average molecular weight is 286 g/mol. The van der Waals surface area contributed by atoms with E-state index >= 15 is 0 Å². The van der Waals surface area contributed by atoms with Crippen molar-refractivity contribution in [2.45, 2.75) is 18.7 Å². The number of hydrogen-bond donors (Lipinski definition) is 3. The summed E-state index contributed by atoms with van der Waals surface area (Å²) < 4.78 is 22.3. The fourth-order valence-electron chi connectivity index (χ4n) is 1.14. The van der Waals surface area contributed by atoms with Gasteiger partial charge in [0.1, 0.15) is 5.41 Å². The van der Waals surface area contributed by atoms with Gasteiger partial charge in [-0.25, -0.2) is 13.6 Å². The summed E-state index contributed by atoms with van der Waals surface area (Å²) in [7, 11) is -3.88. The summed E-state index contributed by atoms with van der Waals surface area (Å²) in [5.41, 5.74) is -1.47. The van der Waals surface area contributed by atoms with E-state index in [0.717, 1.165) is 6.07 Å². The zero-order valence-electron chi connectivity index (χ0n) is 10.4. The molecule has 0 aromatic heterocycles. The third kappa shape index (κ3) is 3.52. The summed E-state index contributed by atoms with van der Waals surface area (Å²) in [4.78, 5) is 22.5. The highest BCUT2D eigenvalue weighted by molar-refractivity contribution is 7.89. The summed E-state index contributed by atoms with van der Waals surface area (Å²) in [5, 5.41) is 16.2. The van der Waals surface area contributed by atoms with Crippen molar-refractivity contribution in [3.8, 4) is 0 Å². The van der Waals surface area contributed by atoms with Crippen molar-refractivity contribution in [2.24, 2.45) is 10.6 Å². The summed E-state index contributed by atoms with van der Waals surface area (Å²) in [6, 6.07) is 5.26. The Balaban J connectivity index is 3.02. The Hall–Kier alpha value is -1.93. The number of primary sulfonamides is 1. The Morgan fingerprint density at radius 3 is 2.37 bits per heavy atom. The number of benzene rings is 1. The first kappa shape index (κ1) is 15.1. The molecule has 0 bridgehead atoms. The van der Waals surface area contributed by atoms with Gasteiger partial charge in [0.15, 0.2) is 0 Å². The molecule has 0 unspecified atom stereocenters. The van der Waals surface area contributed by atoms with E-state index in [2.05, 4.69) is 5.32 Å². The number of rotatable bonds is 4. The molecule has 0 spiro atoms. The minimum atomic E-state index is -3.88. The van der Waals surface area contributed by atoms with Crippen molar-refractivity contribution >= 4 is 27.6 Å². The molecule has 4 N–H and O–H groups in total. The molecule has 7 nitrogen and oxygen atoms in total. The quantitative estimate of drug-likeness (QED) is 0.690. The Morgan fingerprint density at radius 1 is 1.32 bits per heavy atom. The van der Waals surface area contributed by atoms with Gasteiger partial charge >= 0.3 is 5.97 Å². The third-order valence-corrected chi connectivity index (χ3v) is 3.43. The number of sulfonamides is 1. The number of carbonyl (C=O) groups excluding carboxylic acids is 1. The lowest BCUT2D eigenvalue weighted by molar-refractivity contribution is -0.151. The van der Waals surface area contributed by atoms with Crippen LogP contribution in [0.2, 0.25) is 0 Å². The van der Waals surface area contributed by atoms with Crippen LogP contribution in [-0.2, 0) is 19.6 Å². The molecule has 0 aliphatic heterocycles. The van der Waals surface area contributed by atoms with Gasteiger partial charge in [-0.2, -0.15) is 0 Å². The van der Waals surface area contributed by atoms with Crippen LogP contribution in [0.5, 0.6) is 0 Å². The van der Waals surface area contributed by atoms with Gasteiger partial charge in [-0.1, -0.05) is 6.07 Å². The second-order valence-electron chi connectivity index (χ2n) is 4.46. The number of aliphatic carboxylic acids is 1. The van der Waals surface area contributed by atoms with Crippen molar-refractivity contribution in [2.75, 3.05) is 5.32 Å². The molecule has 0 fully saturated rings. The maximum absolute atomic E-state index is 11.8. The molecule has 19 heavy (non-hydrogen) atoms. The van der Waals surface area contributed by atoms with Crippen molar-refractivity contribution < 1.29 is 23.1 Å².